The summed E-state index contributed by atoms with van der Waals surface area (Å²) in [6, 6.07) is 6.02. The Morgan fingerprint density at radius 1 is 1.35 bits per heavy atom. The highest BCUT2D eigenvalue weighted by molar-refractivity contribution is 9.10. The molecule has 0 fully saturated rings. The fourth-order valence-corrected chi connectivity index (χ4v) is 2.13. The third-order valence-electron chi connectivity index (χ3n) is 3.26. The molecule has 0 heterocycles. The van der Waals surface area contributed by atoms with Gasteiger partial charge in [0.1, 0.15) is 0 Å². The molecular weight excluding hydrogens is 298 g/mol. The predicted octanol–water partition coefficient (Wildman–Crippen LogP) is 4.87. The van der Waals surface area contributed by atoms with E-state index in [2.05, 4.69) is 55.0 Å². The first-order valence-corrected chi connectivity index (χ1v) is 7.12. The Balaban J connectivity index is 2.46. The van der Waals surface area contributed by atoms with Crippen LogP contribution in [0.3, 0.4) is 0 Å². The van der Waals surface area contributed by atoms with Crippen LogP contribution < -0.4 is 5.32 Å². The van der Waals surface area contributed by atoms with Gasteiger partial charge in [-0.05, 0) is 35.6 Å². The Kier molecular flexibility index (Phi) is 5.49. The van der Waals surface area contributed by atoms with Gasteiger partial charge in [0.05, 0.1) is 0 Å². The van der Waals surface area contributed by atoms with Gasteiger partial charge in [0.25, 0.3) is 0 Å². The molecule has 1 atom stereocenters. The van der Waals surface area contributed by atoms with E-state index < -0.39 is 0 Å². The number of hydrogen-bond acceptors (Lipinski definition) is 1. The molecule has 0 amide bonds. The zero-order valence-corrected chi connectivity index (χ0v) is 13.3. The van der Waals surface area contributed by atoms with Crippen LogP contribution in [0.2, 0.25) is 5.02 Å². The quantitative estimate of drug-likeness (QED) is 0.834. The molecule has 1 unspecified atom stereocenters. The molecule has 0 aromatic heterocycles. The molecule has 1 N–H and O–H groups in total. The van der Waals surface area contributed by atoms with Crippen molar-refractivity contribution >= 4 is 27.5 Å². The van der Waals surface area contributed by atoms with Gasteiger partial charge in [-0.15, -0.1) is 0 Å². The molecule has 0 saturated heterocycles. The van der Waals surface area contributed by atoms with E-state index in [0.29, 0.717) is 11.3 Å². The first kappa shape index (κ1) is 15.0. The highest BCUT2D eigenvalue weighted by Crippen LogP contribution is 2.25. The second kappa shape index (κ2) is 6.21. The summed E-state index contributed by atoms with van der Waals surface area (Å²) in [7, 11) is 0. The lowest BCUT2D eigenvalue weighted by Crippen LogP contribution is -2.29. The third-order valence-corrected chi connectivity index (χ3v) is 4.10. The molecule has 96 valence electrons. The van der Waals surface area contributed by atoms with E-state index in [1.807, 2.05) is 12.1 Å². The molecule has 0 bridgehead atoms. The average Bonchev–Trinajstić information content (AvgIpc) is 2.19. The van der Waals surface area contributed by atoms with E-state index in [4.69, 9.17) is 11.6 Å². The van der Waals surface area contributed by atoms with Crippen LogP contribution in [-0.4, -0.2) is 6.54 Å². The summed E-state index contributed by atoms with van der Waals surface area (Å²) in [4.78, 5) is 0. The SMILES string of the molecule is CC(CNCc1ccc(Br)cc1Cl)C(C)(C)C. The van der Waals surface area contributed by atoms with Crippen molar-refractivity contribution in [1.29, 1.82) is 0 Å². The second-order valence-corrected chi connectivity index (χ2v) is 6.96. The molecule has 0 saturated carbocycles. The molecule has 3 heteroatoms. The van der Waals surface area contributed by atoms with Crippen molar-refractivity contribution in [3.63, 3.8) is 0 Å². The maximum Gasteiger partial charge on any atom is 0.0462 e. The largest absolute Gasteiger partial charge is 0.312 e. The molecule has 0 radical (unpaired) electrons. The van der Waals surface area contributed by atoms with Crippen molar-refractivity contribution in [2.45, 2.75) is 34.2 Å². The zero-order chi connectivity index (χ0) is 13.1. The first-order chi connectivity index (χ1) is 7.80. The van der Waals surface area contributed by atoms with E-state index in [-0.39, 0.29) is 0 Å². The number of nitrogens with one attached hydrogen (secondary N) is 1. The summed E-state index contributed by atoms with van der Waals surface area (Å²) in [6.45, 7) is 10.9. The Bertz CT molecular complexity index is 371. The van der Waals surface area contributed by atoms with E-state index in [9.17, 15) is 0 Å². The predicted molar refractivity (Wildman–Crippen MR) is 79.5 cm³/mol. The van der Waals surface area contributed by atoms with Crippen molar-refractivity contribution in [3.8, 4) is 0 Å². The van der Waals surface area contributed by atoms with Gasteiger partial charge in [0, 0.05) is 16.0 Å². The van der Waals surface area contributed by atoms with Crippen LogP contribution in [0.5, 0.6) is 0 Å². The van der Waals surface area contributed by atoms with Crippen molar-refractivity contribution in [3.05, 3.63) is 33.3 Å². The standard InChI is InChI=1S/C14H21BrClN/c1-10(14(2,3)4)8-17-9-11-5-6-12(15)7-13(11)16/h5-7,10,17H,8-9H2,1-4H3. The van der Waals surface area contributed by atoms with Gasteiger partial charge < -0.3 is 5.32 Å². The summed E-state index contributed by atoms with van der Waals surface area (Å²) in [5.74, 6) is 0.636. The van der Waals surface area contributed by atoms with Crippen LogP contribution in [0.1, 0.15) is 33.3 Å². The number of halogens is 2. The Morgan fingerprint density at radius 2 is 2.00 bits per heavy atom. The fourth-order valence-electron chi connectivity index (χ4n) is 1.39. The Labute approximate surface area is 118 Å². The molecule has 1 rings (SSSR count). The van der Waals surface area contributed by atoms with E-state index in [0.717, 1.165) is 28.1 Å². The minimum Gasteiger partial charge on any atom is -0.312 e. The molecule has 0 aliphatic rings. The lowest BCUT2D eigenvalue weighted by Gasteiger charge is -2.27. The van der Waals surface area contributed by atoms with E-state index in [1.54, 1.807) is 0 Å². The summed E-state index contributed by atoms with van der Waals surface area (Å²) in [5.41, 5.74) is 1.49. The van der Waals surface area contributed by atoms with Crippen LogP contribution >= 0.6 is 27.5 Å². The lowest BCUT2D eigenvalue weighted by atomic mass is 9.82. The highest BCUT2D eigenvalue weighted by atomic mass is 79.9. The minimum absolute atomic E-state index is 0.344. The van der Waals surface area contributed by atoms with Crippen molar-refractivity contribution in [2.75, 3.05) is 6.54 Å². The third kappa shape index (κ3) is 4.99. The van der Waals surface area contributed by atoms with Gasteiger partial charge in [0.2, 0.25) is 0 Å². The Morgan fingerprint density at radius 3 is 2.53 bits per heavy atom. The van der Waals surface area contributed by atoms with Crippen LogP contribution in [0, 0.1) is 11.3 Å². The number of benzene rings is 1. The van der Waals surface area contributed by atoms with Crippen LogP contribution in [0.4, 0.5) is 0 Å². The van der Waals surface area contributed by atoms with Crippen molar-refractivity contribution in [1.82, 2.24) is 5.32 Å². The van der Waals surface area contributed by atoms with Gasteiger partial charge in [-0.1, -0.05) is 61.3 Å². The summed E-state index contributed by atoms with van der Waals surface area (Å²) < 4.78 is 1.02. The lowest BCUT2D eigenvalue weighted by molar-refractivity contribution is 0.252. The van der Waals surface area contributed by atoms with Gasteiger partial charge in [0.15, 0.2) is 0 Å². The van der Waals surface area contributed by atoms with Gasteiger partial charge in [-0.25, -0.2) is 0 Å². The normalized spacial score (nSPS) is 13.8. The van der Waals surface area contributed by atoms with E-state index in [1.165, 1.54) is 0 Å². The van der Waals surface area contributed by atoms with Crippen molar-refractivity contribution in [2.24, 2.45) is 11.3 Å². The summed E-state index contributed by atoms with van der Waals surface area (Å²) >= 11 is 9.57. The molecule has 17 heavy (non-hydrogen) atoms. The monoisotopic (exact) mass is 317 g/mol. The topological polar surface area (TPSA) is 12.0 Å². The van der Waals surface area contributed by atoms with Crippen LogP contribution in [0.15, 0.2) is 22.7 Å². The molecule has 0 aliphatic carbocycles. The summed E-state index contributed by atoms with van der Waals surface area (Å²) in [5, 5.41) is 4.28. The molecule has 0 spiro atoms. The molecule has 0 aliphatic heterocycles. The fraction of sp³-hybridized carbons (Fsp3) is 0.571. The molecule has 1 aromatic carbocycles. The minimum atomic E-state index is 0.344. The average molecular weight is 319 g/mol. The molecular formula is C14H21BrClN. The number of hydrogen-bond donors (Lipinski definition) is 1. The van der Waals surface area contributed by atoms with Gasteiger partial charge in [-0.2, -0.15) is 0 Å². The van der Waals surface area contributed by atoms with Gasteiger partial charge >= 0.3 is 0 Å². The molecule has 1 aromatic rings. The van der Waals surface area contributed by atoms with Crippen molar-refractivity contribution < 1.29 is 0 Å². The highest BCUT2D eigenvalue weighted by Gasteiger charge is 2.19. The zero-order valence-electron chi connectivity index (χ0n) is 11.0. The second-order valence-electron chi connectivity index (χ2n) is 5.63. The smallest absolute Gasteiger partial charge is 0.0462 e. The number of rotatable bonds is 4. The Hall–Kier alpha value is -0.0500. The molecule has 1 nitrogen and oxygen atoms in total. The van der Waals surface area contributed by atoms with Gasteiger partial charge in [-0.3, -0.25) is 0 Å². The maximum atomic E-state index is 6.16. The first-order valence-electron chi connectivity index (χ1n) is 5.95. The maximum absolute atomic E-state index is 6.16. The summed E-state index contributed by atoms with van der Waals surface area (Å²) in [6.07, 6.45) is 0. The van der Waals surface area contributed by atoms with E-state index >= 15 is 0 Å². The van der Waals surface area contributed by atoms with Crippen LogP contribution in [-0.2, 0) is 6.54 Å². The van der Waals surface area contributed by atoms with Crippen LogP contribution in [0.25, 0.3) is 0 Å².